The number of likely N-dealkylation sites (tertiary alicyclic amines) is 1. The Hall–Kier alpha value is -2.14. The zero-order chi connectivity index (χ0) is 17.2. The van der Waals surface area contributed by atoms with Gasteiger partial charge in [-0.05, 0) is 26.2 Å². The molecule has 0 bridgehead atoms. The predicted octanol–water partition coefficient (Wildman–Crippen LogP) is 3.06. The molecular formula is C20H25N3O2. The Balaban J connectivity index is 1.52. The Morgan fingerprint density at radius 3 is 2.68 bits per heavy atom. The molecule has 2 aromatic rings. The molecule has 1 unspecified atom stereocenters. The van der Waals surface area contributed by atoms with Crippen molar-refractivity contribution in [3.8, 4) is 11.4 Å². The third-order valence-electron chi connectivity index (χ3n) is 5.42. The van der Waals surface area contributed by atoms with Gasteiger partial charge in [0.2, 0.25) is 5.91 Å². The number of benzene rings is 1. The van der Waals surface area contributed by atoms with Crippen molar-refractivity contribution in [3.63, 3.8) is 0 Å². The first-order chi connectivity index (χ1) is 12.2. The van der Waals surface area contributed by atoms with Gasteiger partial charge in [0.1, 0.15) is 5.82 Å². The molecule has 0 radical (unpaired) electrons. The Kier molecular flexibility index (Phi) is 4.57. The maximum Gasteiger partial charge on any atom is 0.225 e. The fourth-order valence-electron chi connectivity index (χ4n) is 4.06. The average molecular weight is 339 g/mol. The molecule has 4 rings (SSSR count). The summed E-state index contributed by atoms with van der Waals surface area (Å²) < 4.78 is 7.70. The molecule has 5 heteroatoms. The Morgan fingerprint density at radius 1 is 1.16 bits per heavy atom. The summed E-state index contributed by atoms with van der Waals surface area (Å²) in [6.45, 7) is 5.15. The molecule has 0 aliphatic carbocycles. The number of hydrogen-bond donors (Lipinski definition) is 0. The summed E-state index contributed by atoms with van der Waals surface area (Å²) in [6.07, 6.45) is 4.65. The second kappa shape index (κ2) is 7.00. The number of imidazole rings is 1. The second-order valence-electron chi connectivity index (χ2n) is 7.07. The smallest absolute Gasteiger partial charge is 0.225 e. The highest BCUT2D eigenvalue weighted by Crippen LogP contribution is 2.31. The highest BCUT2D eigenvalue weighted by molar-refractivity contribution is 5.79. The molecule has 132 valence electrons. The third kappa shape index (κ3) is 3.21. The quantitative estimate of drug-likeness (QED) is 0.863. The Morgan fingerprint density at radius 2 is 1.92 bits per heavy atom. The number of carbonyl (C=O) groups is 1. The van der Waals surface area contributed by atoms with E-state index in [1.165, 1.54) is 0 Å². The number of carbonyl (C=O) groups excluding carboxylic acids is 1. The number of hydrogen-bond acceptors (Lipinski definition) is 3. The van der Waals surface area contributed by atoms with E-state index in [1.54, 1.807) is 0 Å². The van der Waals surface area contributed by atoms with E-state index in [1.807, 2.05) is 24.4 Å². The molecule has 25 heavy (non-hydrogen) atoms. The number of nitrogens with zero attached hydrogens (tertiary/aromatic N) is 3. The summed E-state index contributed by atoms with van der Waals surface area (Å²) in [4.78, 5) is 19.5. The largest absolute Gasteiger partial charge is 0.381 e. The monoisotopic (exact) mass is 339 g/mol. The van der Waals surface area contributed by atoms with Gasteiger partial charge in [0, 0.05) is 49.7 Å². The first-order valence-corrected chi connectivity index (χ1v) is 9.20. The lowest BCUT2D eigenvalue weighted by molar-refractivity contribution is -0.137. The van der Waals surface area contributed by atoms with Crippen LogP contribution in [0.15, 0.2) is 36.5 Å². The summed E-state index contributed by atoms with van der Waals surface area (Å²) in [5.41, 5.74) is 2.29. The molecule has 1 atom stereocenters. The zero-order valence-electron chi connectivity index (χ0n) is 14.7. The highest BCUT2D eigenvalue weighted by Gasteiger charge is 2.33. The van der Waals surface area contributed by atoms with Gasteiger partial charge in [-0.3, -0.25) is 4.79 Å². The van der Waals surface area contributed by atoms with Crippen molar-refractivity contribution < 1.29 is 9.53 Å². The molecule has 0 N–H and O–H groups in total. The fraction of sp³-hybridized carbons (Fsp3) is 0.500. The minimum absolute atomic E-state index is 0.143. The van der Waals surface area contributed by atoms with E-state index >= 15 is 0 Å². The molecule has 3 heterocycles. The molecule has 2 fully saturated rings. The summed E-state index contributed by atoms with van der Waals surface area (Å²) in [5, 5.41) is 0. The maximum absolute atomic E-state index is 12.8. The number of ether oxygens (including phenoxy) is 1. The summed E-state index contributed by atoms with van der Waals surface area (Å²) in [7, 11) is 0. The van der Waals surface area contributed by atoms with Crippen molar-refractivity contribution in [2.75, 3.05) is 26.3 Å². The van der Waals surface area contributed by atoms with E-state index in [0.29, 0.717) is 25.2 Å². The lowest BCUT2D eigenvalue weighted by Crippen LogP contribution is -2.37. The number of rotatable bonds is 3. The van der Waals surface area contributed by atoms with Gasteiger partial charge in [-0.1, -0.05) is 30.3 Å². The first kappa shape index (κ1) is 16.3. The highest BCUT2D eigenvalue weighted by atomic mass is 16.5. The van der Waals surface area contributed by atoms with Crippen LogP contribution in [-0.2, 0) is 9.53 Å². The normalized spacial score (nSPS) is 21.6. The van der Waals surface area contributed by atoms with Crippen molar-refractivity contribution in [1.29, 1.82) is 0 Å². The van der Waals surface area contributed by atoms with Crippen LogP contribution >= 0.6 is 0 Å². The molecule has 5 nitrogen and oxygen atoms in total. The number of aryl methyl sites for hydroxylation is 1. The van der Waals surface area contributed by atoms with Gasteiger partial charge in [0.05, 0.1) is 6.04 Å². The van der Waals surface area contributed by atoms with E-state index in [4.69, 9.17) is 4.74 Å². The Labute approximate surface area is 148 Å². The van der Waals surface area contributed by atoms with E-state index in [0.717, 1.165) is 49.4 Å². The van der Waals surface area contributed by atoms with Crippen LogP contribution in [-0.4, -0.2) is 46.7 Å². The lowest BCUT2D eigenvalue weighted by Gasteiger charge is -2.26. The molecule has 2 saturated heterocycles. The van der Waals surface area contributed by atoms with Crippen molar-refractivity contribution in [2.24, 2.45) is 5.92 Å². The van der Waals surface area contributed by atoms with Crippen LogP contribution in [0.4, 0.5) is 0 Å². The standard InChI is InChI=1S/C20H25N3O2/c1-15-13-21-19(16-5-3-2-4-6-16)23(15)18-7-10-22(14-18)20(24)17-8-11-25-12-9-17/h2-6,13,17-18H,7-12,14H2,1H3. The third-order valence-corrected chi connectivity index (χ3v) is 5.42. The van der Waals surface area contributed by atoms with E-state index in [2.05, 4.69) is 33.5 Å². The van der Waals surface area contributed by atoms with Crippen molar-refractivity contribution >= 4 is 5.91 Å². The number of aromatic nitrogens is 2. The van der Waals surface area contributed by atoms with Crippen LogP contribution in [0, 0.1) is 12.8 Å². The molecule has 1 amide bonds. The van der Waals surface area contributed by atoms with Crippen LogP contribution in [0.2, 0.25) is 0 Å². The van der Waals surface area contributed by atoms with Gasteiger partial charge >= 0.3 is 0 Å². The van der Waals surface area contributed by atoms with E-state index in [9.17, 15) is 4.79 Å². The van der Waals surface area contributed by atoms with Crippen LogP contribution in [0.3, 0.4) is 0 Å². The average Bonchev–Trinajstić information content (AvgIpc) is 3.29. The summed E-state index contributed by atoms with van der Waals surface area (Å²) in [6, 6.07) is 10.6. The molecule has 0 spiro atoms. The van der Waals surface area contributed by atoms with Crippen molar-refractivity contribution in [2.45, 2.75) is 32.2 Å². The van der Waals surface area contributed by atoms with Gasteiger partial charge in [0.15, 0.2) is 0 Å². The molecule has 0 saturated carbocycles. The van der Waals surface area contributed by atoms with Gasteiger partial charge in [0.25, 0.3) is 0 Å². The maximum atomic E-state index is 12.8. The lowest BCUT2D eigenvalue weighted by atomic mass is 9.99. The molecule has 2 aliphatic rings. The second-order valence-corrected chi connectivity index (χ2v) is 7.07. The number of amides is 1. The summed E-state index contributed by atoms with van der Waals surface area (Å²) in [5.74, 6) is 1.46. The molecule has 1 aromatic heterocycles. The van der Waals surface area contributed by atoms with Crippen LogP contribution in [0.5, 0.6) is 0 Å². The van der Waals surface area contributed by atoms with Gasteiger partial charge < -0.3 is 14.2 Å². The fourth-order valence-corrected chi connectivity index (χ4v) is 4.06. The minimum atomic E-state index is 0.143. The predicted molar refractivity (Wildman–Crippen MR) is 96.2 cm³/mol. The SMILES string of the molecule is Cc1cnc(-c2ccccc2)n1C1CCN(C(=O)C2CCOCC2)C1. The Bertz CT molecular complexity index is 735. The van der Waals surface area contributed by atoms with E-state index < -0.39 is 0 Å². The van der Waals surface area contributed by atoms with Crippen molar-refractivity contribution in [1.82, 2.24) is 14.5 Å². The molecule has 1 aromatic carbocycles. The van der Waals surface area contributed by atoms with E-state index in [-0.39, 0.29) is 5.92 Å². The van der Waals surface area contributed by atoms with Crippen LogP contribution < -0.4 is 0 Å². The minimum Gasteiger partial charge on any atom is -0.381 e. The van der Waals surface area contributed by atoms with Gasteiger partial charge in [-0.15, -0.1) is 0 Å². The molecular weight excluding hydrogens is 314 g/mol. The van der Waals surface area contributed by atoms with Crippen LogP contribution in [0.1, 0.15) is 31.0 Å². The topological polar surface area (TPSA) is 47.4 Å². The molecule has 2 aliphatic heterocycles. The first-order valence-electron chi connectivity index (χ1n) is 9.20. The van der Waals surface area contributed by atoms with Gasteiger partial charge in [-0.25, -0.2) is 4.98 Å². The van der Waals surface area contributed by atoms with Crippen molar-refractivity contribution in [3.05, 3.63) is 42.2 Å². The van der Waals surface area contributed by atoms with Gasteiger partial charge in [-0.2, -0.15) is 0 Å². The van der Waals surface area contributed by atoms with Crippen LogP contribution in [0.25, 0.3) is 11.4 Å². The summed E-state index contributed by atoms with van der Waals surface area (Å²) >= 11 is 0. The zero-order valence-corrected chi connectivity index (χ0v) is 14.7.